The van der Waals surface area contributed by atoms with Gasteiger partial charge in [0, 0.05) is 30.7 Å². The zero-order chi connectivity index (χ0) is 11.4. The van der Waals surface area contributed by atoms with Crippen LogP contribution < -0.4 is 4.90 Å². The predicted octanol–water partition coefficient (Wildman–Crippen LogP) is 2.09. The molecule has 2 rings (SSSR count). The highest BCUT2D eigenvalue weighted by Crippen LogP contribution is 2.26. The number of rotatable bonds is 2. The molecule has 1 aliphatic rings. The Morgan fingerprint density at radius 2 is 1.88 bits per heavy atom. The van der Waals surface area contributed by atoms with Crippen LogP contribution in [0.5, 0.6) is 0 Å². The number of nitriles is 1. The van der Waals surface area contributed by atoms with Gasteiger partial charge in [0.05, 0.1) is 18.3 Å². The maximum absolute atomic E-state index is 8.63. The van der Waals surface area contributed by atoms with Crippen LogP contribution in [0.1, 0.15) is 0 Å². The van der Waals surface area contributed by atoms with Gasteiger partial charge in [0.1, 0.15) is 0 Å². The van der Waals surface area contributed by atoms with E-state index >= 15 is 0 Å². The van der Waals surface area contributed by atoms with E-state index in [4.69, 9.17) is 5.26 Å². The fraction of sp³-hybridized carbons (Fsp3) is 0.417. The number of hydrogen-bond acceptors (Lipinski definition) is 3. The van der Waals surface area contributed by atoms with Crippen molar-refractivity contribution in [3.63, 3.8) is 0 Å². The standard InChI is InChI=1S/C12H14BrN3/c13-11-3-1-2-4-12(11)16-9-7-15(6-5-14)8-10-16/h1-4H,6-10H2. The molecule has 1 aromatic carbocycles. The maximum Gasteiger partial charge on any atom is 0.0867 e. The summed E-state index contributed by atoms with van der Waals surface area (Å²) in [5, 5.41) is 8.63. The molecule has 0 radical (unpaired) electrons. The van der Waals surface area contributed by atoms with Crippen LogP contribution in [0.15, 0.2) is 28.7 Å². The van der Waals surface area contributed by atoms with Crippen LogP contribution in [0.3, 0.4) is 0 Å². The van der Waals surface area contributed by atoms with Gasteiger partial charge in [-0.3, -0.25) is 4.90 Å². The third-order valence-electron chi connectivity index (χ3n) is 2.86. The zero-order valence-electron chi connectivity index (χ0n) is 9.06. The zero-order valence-corrected chi connectivity index (χ0v) is 10.7. The van der Waals surface area contributed by atoms with Crippen LogP contribution >= 0.6 is 15.9 Å². The average molecular weight is 280 g/mol. The fourth-order valence-corrected chi connectivity index (χ4v) is 2.49. The van der Waals surface area contributed by atoms with Crippen molar-refractivity contribution in [2.75, 3.05) is 37.6 Å². The van der Waals surface area contributed by atoms with Gasteiger partial charge in [-0.1, -0.05) is 12.1 Å². The molecule has 0 unspecified atom stereocenters. The molecule has 1 aromatic rings. The molecule has 4 heteroatoms. The van der Waals surface area contributed by atoms with E-state index in [1.807, 2.05) is 6.07 Å². The molecule has 0 spiro atoms. The van der Waals surface area contributed by atoms with E-state index in [-0.39, 0.29) is 0 Å². The molecule has 0 N–H and O–H groups in total. The van der Waals surface area contributed by atoms with E-state index in [9.17, 15) is 0 Å². The number of halogens is 1. The molecule has 16 heavy (non-hydrogen) atoms. The molecule has 1 heterocycles. The van der Waals surface area contributed by atoms with Crippen LogP contribution in [0.25, 0.3) is 0 Å². The highest BCUT2D eigenvalue weighted by atomic mass is 79.9. The molecule has 0 atom stereocenters. The van der Waals surface area contributed by atoms with E-state index in [1.54, 1.807) is 0 Å². The topological polar surface area (TPSA) is 30.3 Å². The minimum atomic E-state index is 0.545. The Morgan fingerprint density at radius 1 is 1.19 bits per heavy atom. The second-order valence-electron chi connectivity index (χ2n) is 3.87. The largest absolute Gasteiger partial charge is 0.368 e. The third kappa shape index (κ3) is 2.55. The lowest BCUT2D eigenvalue weighted by molar-refractivity contribution is 0.287. The summed E-state index contributed by atoms with van der Waals surface area (Å²) >= 11 is 3.57. The normalized spacial score (nSPS) is 17.1. The molecule has 0 aromatic heterocycles. The van der Waals surface area contributed by atoms with Gasteiger partial charge in [-0.25, -0.2) is 0 Å². The minimum Gasteiger partial charge on any atom is -0.368 e. The van der Waals surface area contributed by atoms with Crippen LogP contribution in [0.4, 0.5) is 5.69 Å². The summed E-state index contributed by atoms with van der Waals surface area (Å²) in [7, 11) is 0. The maximum atomic E-state index is 8.63. The van der Waals surface area contributed by atoms with Crippen molar-refractivity contribution in [3.05, 3.63) is 28.7 Å². The second kappa shape index (κ2) is 5.33. The molecular weight excluding hydrogens is 266 g/mol. The summed E-state index contributed by atoms with van der Waals surface area (Å²) in [5.74, 6) is 0. The first-order chi connectivity index (χ1) is 7.81. The van der Waals surface area contributed by atoms with Crippen molar-refractivity contribution in [2.45, 2.75) is 0 Å². The Morgan fingerprint density at radius 3 is 2.50 bits per heavy atom. The molecule has 0 amide bonds. The quantitative estimate of drug-likeness (QED) is 0.777. The third-order valence-corrected chi connectivity index (χ3v) is 3.53. The number of para-hydroxylation sites is 1. The number of piperazine rings is 1. The van der Waals surface area contributed by atoms with Crippen molar-refractivity contribution < 1.29 is 0 Å². The lowest BCUT2D eigenvalue weighted by Gasteiger charge is -2.35. The Balaban J connectivity index is 2.00. The average Bonchev–Trinajstić information content (AvgIpc) is 2.31. The van der Waals surface area contributed by atoms with Gasteiger partial charge in [0.25, 0.3) is 0 Å². The van der Waals surface area contributed by atoms with Gasteiger partial charge < -0.3 is 4.90 Å². The van der Waals surface area contributed by atoms with Gasteiger partial charge in [-0.15, -0.1) is 0 Å². The van der Waals surface area contributed by atoms with Crippen molar-refractivity contribution in [3.8, 4) is 6.07 Å². The highest BCUT2D eigenvalue weighted by molar-refractivity contribution is 9.10. The van der Waals surface area contributed by atoms with Gasteiger partial charge in [-0.2, -0.15) is 5.26 Å². The molecular formula is C12H14BrN3. The van der Waals surface area contributed by atoms with Crippen LogP contribution in [-0.2, 0) is 0 Å². The molecule has 0 bridgehead atoms. The van der Waals surface area contributed by atoms with Gasteiger partial charge in [-0.05, 0) is 28.1 Å². The summed E-state index contributed by atoms with van der Waals surface area (Å²) in [4.78, 5) is 4.55. The lowest BCUT2D eigenvalue weighted by atomic mass is 10.2. The van der Waals surface area contributed by atoms with Crippen molar-refractivity contribution in [1.82, 2.24) is 4.90 Å². The number of anilines is 1. The Bertz CT molecular complexity index is 391. The summed E-state index contributed by atoms with van der Waals surface area (Å²) in [5.41, 5.74) is 1.25. The van der Waals surface area contributed by atoms with Gasteiger partial charge in [0.15, 0.2) is 0 Å². The second-order valence-corrected chi connectivity index (χ2v) is 4.73. The number of benzene rings is 1. The molecule has 3 nitrogen and oxygen atoms in total. The Hall–Kier alpha value is -1.05. The van der Waals surface area contributed by atoms with Crippen molar-refractivity contribution >= 4 is 21.6 Å². The van der Waals surface area contributed by atoms with Gasteiger partial charge >= 0.3 is 0 Å². The Labute approximate surface area is 104 Å². The lowest BCUT2D eigenvalue weighted by Crippen LogP contribution is -2.46. The summed E-state index contributed by atoms with van der Waals surface area (Å²) in [6.07, 6.45) is 0. The molecule has 84 valence electrons. The SMILES string of the molecule is N#CCN1CCN(c2ccccc2Br)CC1. The van der Waals surface area contributed by atoms with Crippen LogP contribution in [0, 0.1) is 11.3 Å². The predicted molar refractivity (Wildman–Crippen MR) is 68.4 cm³/mol. The molecule has 0 saturated carbocycles. The van der Waals surface area contributed by atoms with E-state index in [0.29, 0.717) is 6.54 Å². The molecule has 1 fully saturated rings. The summed E-state index contributed by atoms with van der Waals surface area (Å²) < 4.78 is 1.14. The minimum absolute atomic E-state index is 0.545. The number of nitrogens with zero attached hydrogens (tertiary/aromatic N) is 3. The van der Waals surface area contributed by atoms with Crippen molar-refractivity contribution in [1.29, 1.82) is 5.26 Å². The number of hydrogen-bond donors (Lipinski definition) is 0. The van der Waals surface area contributed by atoms with E-state index < -0.39 is 0 Å². The Kier molecular flexibility index (Phi) is 3.81. The van der Waals surface area contributed by atoms with Crippen molar-refractivity contribution in [2.24, 2.45) is 0 Å². The van der Waals surface area contributed by atoms with E-state index in [1.165, 1.54) is 5.69 Å². The summed E-state index contributed by atoms with van der Waals surface area (Å²) in [6, 6.07) is 10.5. The summed E-state index contributed by atoms with van der Waals surface area (Å²) in [6.45, 7) is 4.46. The first-order valence-electron chi connectivity index (χ1n) is 5.40. The van der Waals surface area contributed by atoms with Crippen LogP contribution in [0.2, 0.25) is 0 Å². The van der Waals surface area contributed by atoms with Crippen LogP contribution in [-0.4, -0.2) is 37.6 Å². The first kappa shape index (κ1) is 11.4. The monoisotopic (exact) mass is 279 g/mol. The van der Waals surface area contributed by atoms with Gasteiger partial charge in [0.2, 0.25) is 0 Å². The van der Waals surface area contributed by atoms with E-state index in [0.717, 1.165) is 30.7 Å². The molecule has 1 aliphatic heterocycles. The molecule has 1 saturated heterocycles. The smallest absolute Gasteiger partial charge is 0.0867 e. The first-order valence-corrected chi connectivity index (χ1v) is 6.19. The van der Waals surface area contributed by atoms with E-state index in [2.05, 4.69) is 50.0 Å². The fourth-order valence-electron chi connectivity index (χ4n) is 1.96. The highest BCUT2D eigenvalue weighted by Gasteiger charge is 2.17. The molecule has 0 aliphatic carbocycles.